The van der Waals surface area contributed by atoms with Crippen LogP contribution in [0.4, 0.5) is 4.39 Å². The molecule has 1 aliphatic rings. The Morgan fingerprint density at radius 2 is 1.96 bits per heavy atom. The van der Waals surface area contributed by atoms with Gasteiger partial charge in [-0.2, -0.15) is 0 Å². The van der Waals surface area contributed by atoms with E-state index in [9.17, 15) is 12.8 Å². The Morgan fingerprint density at radius 3 is 2.54 bits per heavy atom. The van der Waals surface area contributed by atoms with Gasteiger partial charge < -0.3 is 15.4 Å². The number of sulfone groups is 1. The third-order valence-corrected chi connectivity index (χ3v) is 7.16. The lowest BCUT2D eigenvalue weighted by molar-refractivity contribution is 0.0768. The average Bonchev–Trinajstić information content (AvgIpc) is 2.61. The van der Waals surface area contributed by atoms with E-state index >= 15 is 0 Å². The zero-order valence-corrected chi connectivity index (χ0v) is 19.9. The Morgan fingerprint density at radius 1 is 1.29 bits per heavy atom. The highest BCUT2D eigenvalue weighted by atomic mass is 127. The predicted octanol–water partition coefficient (Wildman–Crippen LogP) is 2.44. The van der Waals surface area contributed by atoms with Crippen LogP contribution in [0.2, 0.25) is 0 Å². The lowest BCUT2D eigenvalue weighted by Crippen LogP contribution is -2.47. The second kappa shape index (κ2) is 11.3. The molecule has 28 heavy (non-hydrogen) atoms. The molecule has 2 N–H and O–H groups in total. The quantitative estimate of drug-likeness (QED) is 0.324. The van der Waals surface area contributed by atoms with Crippen molar-refractivity contribution in [2.45, 2.75) is 37.9 Å². The average molecular weight is 527 g/mol. The van der Waals surface area contributed by atoms with Gasteiger partial charge in [0.25, 0.3) is 0 Å². The highest BCUT2D eigenvalue weighted by molar-refractivity contribution is 14.0. The number of aliphatic imine (C=N–C) groups is 1. The normalized spacial score (nSPS) is 16.9. The van der Waals surface area contributed by atoms with Crippen molar-refractivity contribution in [2.75, 3.05) is 39.1 Å². The lowest BCUT2D eigenvalue weighted by Gasteiger charge is -2.34. The molecule has 0 radical (unpaired) electrons. The first-order valence-corrected chi connectivity index (χ1v) is 11.2. The molecule has 0 aromatic heterocycles. The molecule has 0 aliphatic carbocycles. The summed E-state index contributed by atoms with van der Waals surface area (Å²) in [4.78, 5) is 4.54. The van der Waals surface area contributed by atoms with Gasteiger partial charge in [0.2, 0.25) is 0 Å². The molecule has 0 spiro atoms. The standard InChI is InChI=1S/C19H30FN3O3S.HI/c1-4-21-18(22-10-7-16-5-6-17(20)13-15(16)2)23-14-19(27(3,24)25)8-11-26-12-9-19;/h5-6,13H,4,7-12,14H2,1-3H3,(H2,21,22,23);1H. The summed E-state index contributed by atoms with van der Waals surface area (Å²) >= 11 is 0. The monoisotopic (exact) mass is 527 g/mol. The molecular weight excluding hydrogens is 496 g/mol. The number of nitrogens with one attached hydrogen (secondary N) is 2. The second-order valence-electron chi connectivity index (χ2n) is 7.01. The molecule has 1 aromatic rings. The van der Waals surface area contributed by atoms with Crippen LogP contribution in [0.1, 0.15) is 30.9 Å². The van der Waals surface area contributed by atoms with Crippen molar-refractivity contribution in [1.82, 2.24) is 10.6 Å². The van der Waals surface area contributed by atoms with Crippen LogP contribution in [0.3, 0.4) is 0 Å². The molecule has 6 nitrogen and oxygen atoms in total. The van der Waals surface area contributed by atoms with E-state index < -0.39 is 14.6 Å². The number of rotatable bonds is 7. The zero-order chi connectivity index (χ0) is 19.9. The molecule has 1 aromatic carbocycles. The fourth-order valence-corrected chi connectivity index (χ4v) is 4.42. The van der Waals surface area contributed by atoms with Crippen molar-refractivity contribution in [1.29, 1.82) is 0 Å². The molecule has 0 amide bonds. The molecule has 0 bridgehead atoms. The molecule has 1 aliphatic heterocycles. The second-order valence-corrected chi connectivity index (χ2v) is 9.42. The Labute approximate surface area is 184 Å². The van der Waals surface area contributed by atoms with Crippen molar-refractivity contribution >= 4 is 39.8 Å². The van der Waals surface area contributed by atoms with Crippen LogP contribution < -0.4 is 10.6 Å². The van der Waals surface area contributed by atoms with Gasteiger partial charge in [-0.15, -0.1) is 24.0 Å². The van der Waals surface area contributed by atoms with Gasteiger partial charge in [-0.25, -0.2) is 12.8 Å². The summed E-state index contributed by atoms with van der Waals surface area (Å²) in [5.41, 5.74) is 1.98. The van der Waals surface area contributed by atoms with Crippen molar-refractivity contribution in [2.24, 2.45) is 4.99 Å². The van der Waals surface area contributed by atoms with Crippen LogP contribution >= 0.6 is 24.0 Å². The highest BCUT2D eigenvalue weighted by Gasteiger charge is 2.42. The number of guanidine groups is 1. The third kappa shape index (κ3) is 6.84. The van der Waals surface area contributed by atoms with Gasteiger partial charge >= 0.3 is 0 Å². The van der Waals surface area contributed by atoms with Crippen molar-refractivity contribution in [3.8, 4) is 0 Å². The molecule has 1 saturated heterocycles. The number of nitrogens with zero attached hydrogens (tertiary/aromatic N) is 1. The summed E-state index contributed by atoms with van der Waals surface area (Å²) in [6.07, 6.45) is 2.93. The summed E-state index contributed by atoms with van der Waals surface area (Å²) in [7, 11) is -3.25. The van der Waals surface area contributed by atoms with Crippen LogP contribution in [0, 0.1) is 12.7 Å². The van der Waals surface area contributed by atoms with Gasteiger partial charge in [0.1, 0.15) is 5.82 Å². The molecule has 1 heterocycles. The largest absolute Gasteiger partial charge is 0.381 e. The third-order valence-electron chi connectivity index (χ3n) is 5.05. The van der Waals surface area contributed by atoms with Crippen molar-refractivity contribution < 1.29 is 17.5 Å². The van der Waals surface area contributed by atoms with Crippen LogP contribution in [0.15, 0.2) is 23.2 Å². The Balaban J connectivity index is 0.00000392. The van der Waals surface area contributed by atoms with Crippen LogP contribution in [0.5, 0.6) is 0 Å². The number of hydrogen-bond donors (Lipinski definition) is 2. The topological polar surface area (TPSA) is 79.8 Å². The molecule has 0 unspecified atom stereocenters. The van der Waals surface area contributed by atoms with E-state index in [0.29, 0.717) is 45.1 Å². The fourth-order valence-electron chi connectivity index (χ4n) is 3.21. The summed E-state index contributed by atoms with van der Waals surface area (Å²) in [6.45, 7) is 6.23. The minimum absolute atomic E-state index is 0. The van der Waals surface area contributed by atoms with E-state index in [-0.39, 0.29) is 36.3 Å². The van der Waals surface area contributed by atoms with E-state index in [0.717, 1.165) is 17.5 Å². The van der Waals surface area contributed by atoms with Gasteiger partial charge in [0.15, 0.2) is 15.8 Å². The summed E-state index contributed by atoms with van der Waals surface area (Å²) in [6, 6.07) is 4.77. The molecule has 9 heteroatoms. The fraction of sp³-hybridized carbons (Fsp3) is 0.632. The van der Waals surface area contributed by atoms with Crippen LogP contribution in [0.25, 0.3) is 0 Å². The summed E-state index contributed by atoms with van der Waals surface area (Å²) in [5, 5.41) is 6.39. The molecule has 160 valence electrons. The van der Waals surface area contributed by atoms with Gasteiger partial charge in [-0.1, -0.05) is 6.07 Å². The zero-order valence-electron chi connectivity index (χ0n) is 16.8. The smallest absolute Gasteiger partial charge is 0.191 e. The van der Waals surface area contributed by atoms with E-state index in [1.807, 2.05) is 13.8 Å². The number of aryl methyl sites for hydroxylation is 1. The van der Waals surface area contributed by atoms with Crippen molar-refractivity contribution in [3.63, 3.8) is 0 Å². The molecule has 2 rings (SSSR count). The van der Waals surface area contributed by atoms with Gasteiger partial charge in [0.05, 0.1) is 11.3 Å². The Kier molecular flexibility index (Phi) is 10.1. The summed E-state index contributed by atoms with van der Waals surface area (Å²) < 4.78 is 42.4. The van der Waals surface area contributed by atoms with E-state index in [1.165, 1.54) is 18.4 Å². The first-order valence-electron chi connectivity index (χ1n) is 9.32. The number of halogens is 2. The number of benzene rings is 1. The maximum absolute atomic E-state index is 13.2. The first kappa shape index (κ1) is 25.1. The number of ether oxygens (including phenoxy) is 1. The van der Waals surface area contributed by atoms with Gasteiger partial charge in [-0.3, -0.25) is 4.99 Å². The van der Waals surface area contributed by atoms with E-state index in [2.05, 4.69) is 15.6 Å². The van der Waals surface area contributed by atoms with Crippen LogP contribution in [-0.4, -0.2) is 58.2 Å². The summed E-state index contributed by atoms with van der Waals surface area (Å²) in [5.74, 6) is 0.355. The highest BCUT2D eigenvalue weighted by Crippen LogP contribution is 2.29. The Hall–Kier alpha value is -0.940. The maximum atomic E-state index is 13.2. The number of hydrogen-bond acceptors (Lipinski definition) is 4. The van der Waals surface area contributed by atoms with Gasteiger partial charge in [-0.05, 0) is 56.4 Å². The maximum Gasteiger partial charge on any atom is 0.191 e. The molecular formula is C19H31FIN3O3S. The minimum atomic E-state index is -3.25. The molecule has 0 atom stereocenters. The van der Waals surface area contributed by atoms with E-state index in [1.54, 1.807) is 6.07 Å². The SMILES string of the molecule is CCNC(=NCC1(S(C)(=O)=O)CCOCC1)NCCc1ccc(F)cc1C.I. The first-order chi connectivity index (χ1) is 12.8. The lowest BCUT2D eigenvalue weighted by atomic mass is 9.99. The Bertz CT molecular complexity index is 766. The predicted molar refractivity (Wildman–Crippen MR) is 122 cm³/mol. The molecule has 0 saturated carbocycles. The molecule has 1 fully saturated rings. The van der Waals surface area contributed by atoms with Gasteiger partial charge in [0, 0.05) is 32.6 Å². The minimum Gasteiger partial charge on any atom is -0.381 e. The van der Waals surface area contributed by atoms with Crippen molar-refractivity contribution in [3.05, 3.63) is 35.1 Å². The van der Waals surface area contributed by atoms with Crippen LogP contribution in [-0.2, 0) is 21.0 Å². The van der Waals surface area contributed by atoms with E-state index in [4.69, 9.17) is 4.74 Å².